The molecule has 1 aromatic rings. The number of urea groups is 1. The van der Waals surface area contributed by atoms with Crippen LogP contribution in [0.15, 0.2) is 0 Å². The highest BCUT2D eigenvalue weighted by Gasteiger charge is 2.29. The molecule has 2 atom stereocenters. The number of hydrogen-bond acceptors (Lipinski definition) is 3. The molecular formula is C17H30N4O2. The number of aliphatic hydroxyl groups excluding tert-OH is 1. The third-order valence-electron chi connectivity index (χ3n) is 4.79. The topological polar surface area (TPSA) is 70.4 Å². The maximum Gasteiger partial charge on any atom is 0.317 e. The van der Waals surface area contributed by atoms with Crippen LogP contribution in [0.5, 0.6) is 0 Å². The van der Waals surface area contributed by atoms with Crippen molar-refractivity contribution in [2.45, 2.75) is 65.0 Å². The van der Waals surface area contributed by atoms with E-state index < -0.39 is 0 Å². The fraction of sp³-hybridized carbons (Fsp3) is 0.765. The van der Waals surface area contributed by atoms with Gasteiger partial charge in [-0.1, -0.05) is 0 Å². The molecule has 1 aromatic heterocycles. The molecule has 2 amide bonds. The summed E-state index contributed by atoms with van der Waals surface area (Å²) in [7, 11) is 1.96. The molecule has 0 bridgehead atoms. The van der Waals surface area contributed by atoms with Crippen LogP contribution in [0, 0.1) is 13.8 Å². The van der Waals surface area contributed by atoms with Crippen molar-refractivity contribution in [3.63, 3.8) is 0 Å². The number of carbonyl (C=O) groups excluding carboxylic acids is 1. The molecule has 2 heterocycles. The summed E-state index contributed by atoms with van der Waals surface area (Å²) in [4.78, 5) is 14.2. The first-order chi connectivity index (χ1) is 10.9. The summed E-state index contributed by atoms with van der Waals surface area (Å²) < 4.78 is 1.91. The van der Waals surface area contributed by atoms with Gasteiger partial charge in [0.2, 0.25) is 0 Å². The highest BCUT2D eigenvalue weighted by Crippen LogP contribution is 2.21. The maximum atomic E-state index is 12.3. The van der Waals surface area contributed by atoms with E-state index in [-0.39, 0.29) is 18.2 Å². The molecule has 1 saturated heterocycles. The minimum absolute atomic E-state index is 0.00720. The van der Waals surface area contributed by atoms with Crippen molar-refractivity contribution in [3.05, 3.63) is 17.0 Å². The van der Waals surface area contributed by atoms with Crippen LogP contribution in [0.25, 0.3) is 0 Å². The summed E-state index contributed by atoms with van der Waals surface area (Å²) in [6.07, 6.45) is 4.17. The number of likely N-dealkylation sites (tertiary alicyclic amines) is 1. The molecule has 2 N–H and O–H groups in total. The Kier molecular flexibility index (Phi) is 6.04. The monoisotopic (exact) mass is 322 g/mol. The number of amides is 2. The van der Waals surface area contributed by atoms with Gasteiger partial charge in [-0.05, 0) is 58.4 Å². The highest BCUT2D eigenvalue weighted by molar-refractivity contribution is 5.74. The Labute approximate surface area is 138 Å². The molecule has 0 aromatic carbocycles. The average molecular weight is 322 g/mol. The summed E-state index contributed by atoms with van der Waals surface area (Å²) in [5.74, 6) is 0. The molecule has 0 saturated carbocycles. The molecule has 6 nitrogen and oxygen atoms in total. The maximum absolute atomic E-state index is 12.3. The molecule has 130 valence electrons. The van der Waals surface area contributed by atoms with Crippen molar-refractivity contribution in [1.82, 2.24) is 20.0 Å². The van der Waals surface area contributed by atoms with E-state index in [2.05, 4.69) is 17.3 Å². The predicted molar refractivity (Wildman–Crippen MR) is 90.4 cm³/mol. The number of aromatic nitrogens is 2. The molecule has 0 aliphatic carbocycles. The number of hydrogen-bond donors (Lipinski definition) is 2. The summed E-state index contributed by atoms with van der Waals surface area (Å²) >= 11 is 0. The summed E-state index contributed by atoms with van der Waals surface area (Å²) in [6, 6.07) is 0.186. The van der Waals surface area contributed by atoms with E-state index in [0.717, 1.165) is 37.9 Å². The van der Waals surface area contributed by atoms with E-state index in [4.69, 9.17) is 0 Å². The lowest BCUT2D eigenvalue weighted by molar-refractivity contribution is 0.138. The van der Waals surface area contributed by atoms with E-state index in [0.29, 0.717) is 13.0 Å². The lowest BCUT2D eigenvalue weighted by Crippen LogP contribution is -2.44. The van der Waals surface area contributed by atoms with E-state index >= 15 is 0 Å². The lowest BCUT2D eigenvalue weighted by atomic mass is 10.1. The van der Waals surface area contributed by atoms with Crippen molar-refractivity contribution >= 4 is 6.03 Å². The molecule has 23 heavy (non-hydrogen) atoms. The summed E-state index contributed by atoms with van der Waals surface area (Å²) in [5, 5.41) is 17.0. The van der Waals surface area contributed by atoms with Gasteiger partial charge in [0.1, 0.15) is 0 Å². The smallest absolute Gasteiger partial charge is 0.317 e. The first kappa shape index (κ1) is 17.8. The number of aliphatic hydroxyl groups is 1. The molecule has 2 rings (SSSR count). The fourth-order valence-electron chi connectivity index (χ4n) is 3.48. The standard InChI is InChI=1S/C17H30N4O2/c1-12(22)11-15-7-6-10-21(15)17(23)18-9-5-8-16-13(2)19-20(4)14(16)3/h12,15,22H,5-11H2,1-4H3,(H,18,23). The van der Waals surface area contributed by atoms with Gasteiger partial charge >= 0.3 is 6.03 Å². The van der Waals surface area contributed by atoms with Crippen LogP contribution in [-0.4, -0.2) is 51.1 Å². The zero-order valence-corrected chi connectivity index (χ0v) is 14.8. The predicted octanol–water partition coefficient (Wildman–Crippen LogP) is 1.91. The Bertz CT molecular complexity index is 539. The van der Waals surface area contributed by atoms with Crippen molar-refractivity contribution in [1.29, 1.82) is 0 Å². The molecular weight excluding hydrogens is 292 g/mol. The van der Waals surface area contributed by atoms with Crippen LogP contribution < -0.4 is 5.32 Å². The van der Waals surface area contributed by atoms with Gasteiger partial charge < -0.3 is 15.3 Å². The zero-order valence-electron chi connectivity index (χ0n) is 14.8. The molecule has 1 fully saturated rings. The molecule has 1 aliphatic heterocycles. The normalized spacial score (nSPS) is 19.2. The van der Waals surface area contributed by atoms with Gasteiger partial charge in [0, 0.05) is 31.9 Å². The number of nitrogens with zero attached hydrogens (tertiary/aromatic N) is 3. The Morgan fingerprint density at radius 3 is 2.83 bits per heavy atom. The number of rotatable bonds is 6. The van der Waals surface area contributed by atoms with Gasteiger partial charge in [0.15, 0.2) is 0 Å². The van der Waals surface area contributed by atoms with Crippen LogP contribution in [-0.2, 0) is 13.5 Å². The quantitative estimate of drug-likeness (QED) is 0.786. The SMILES string of the molecule is Cc1nn(C)c(C)c1CCCNC(=O)N1CCCC1CC(C)O. The molecule has 0 spiro atoms. The van der Waals surface area contributed by atoms with Crippen molar-refractivity contribution < 1.29 is 9.90 Å². The largest absolute Gasteiger partial charge is 0.393 e. The van der Waals surface area contributed by atoms with Crippen molar-refractivity contribution in [3.8, 4) is 0 Å². The number of aryl methyl sites for hydroxylation is 2. The second-order valence-corrected chi connectivity index (χ2v) is 6.68. The number of carbonyl (C=O) groups is 1. The zero-order chi connectivity index (χ0) is 17.0. The van der Waals surface area contributed by atoms with Crippen LogP contribution in [0.1, 0.15) is 49.6 Å². The van der Waals surface area contributed by atoms with Crippen molar-refractivity contribution in [2.24, 2.45) is 7.05 Å². The minimum atomic E-state index is -0.357. The molecule has 6 heteroatoms. The van der Waals surface area contributed by atoms with Gasteiger partial charge in [0.25, 0.3) is 0 Å². The van der Waals surface area contributed by atoms with Crippen LogP contribution in [0.2, 0.25) is 0 Å². The van der Waals surface area contributed by atoms with Gasteiger partial charge in [-0.3, -0.25) is 4.68 Å². The molecule has 0 radical (unpaired) electrons. The van der Waals surface area contributed by atoms with E-state index in [1.54, 1.807) is 6.92 Å². The summed E-state index contributed by atoms with van der Waals surface area (Å²) in [5.41, 5.74) is 3.56. The Morgan fingerprint density at radius 2 is 2.22 bits per heavy atom. The first-order valence-corrected chi connectivity index (χ1v) is 8.61. The highest BCUT2D eigenvalue weighted by atomic mass is 16.3. The van der Waals surface area contributed by atoms with E-state index in [9.17, 15) is 9.90 Å². The van der Waals surface area contributed by atoms with Crippen LogP contribution >= 0.6 is 0 Å². The third-order valence-corrected chi connectivity index (χ3v) is 4.79. The van der Waals surface area contributed by atoms with Gasteiger partial charge in [-0.25, -0.2) is 4.79 Å². The third kappa shape index (κ3) is 4.47. The molecule has 2 unspecified atom stereocenters. The Hall–Kier alpha value is -1.56. The fourth-order valence-corrected chi connectivity index (χ4v) is 3.48. The minimum Gasteiger partial charge on any atom is -0.393 e. The second-order valence-electron chi connectivity index (χ2n) is 6.68. The van der Waals surface area contributed by atoms with E-state index in [1.165, 1.54) is 11.3 Å². The van der Waals surface area contributed by atoms with Gasteiger partial charge in [0.05, 0.1) is 11.8 Å². The Morgan fingerprint density at radius 1 is 1.48 bits per heavy atom. The van der Waals surface area contributed by atoms with Gasteiger partial charge in [-0.2, -0.15) is 5.10 Å². The second kappa shape index (κ2) is 7.81. The van der Waals surface area contributed by atoms with Crippen molar-refractivity contribution in [2.75, 3.05) is 13.1 Å². The lowest BCUT2D eigenvalue weighted by Gasteiger charge is -2.26. The van der Waals surface area contributed by atoms with Crippen LogP contribution in [0.4, 0.5) is 4.79 Å². The number of nitrogens with one attached hydrogen (secondary N) is 1. The summed E-state index contributed by atoms with van der Waals surface area (Å²) in [6.45, 7) is 7.37. The molecule has 1 aliphatic rings. The Balaban J connectivity index is 1.76. The van der Waals surface area contributed by atoms with Crippen LogP contribution in [0.3, 0.4) is 0 Å². The van der Waals surface area contributed by atoms with E-state index in [1.807, 2.05) is 23.6 Å². The first-order valence-electron chi connectivity index (χ1n) is 8.61. The van der Waals surface area contributed by atoms with Gasteiger partial charge in [-0.15, -0.1) is 0 Å². The average Bonchev–Trinajstić information content (AvgIpc) is 3.01.